The maximum Gasteiger partial charge on any atom is 0.0625 e. The standard InChI is InChI=1S/C12H23N3O/c1-4-11-8-12(15(3)14-11)9-13-7-5-6-10(2)16/h8,10,13,16H,4-7,9H2,1-3H3. The van der Waals surface area contributed by atoms with Crippen LogP contribution in [-0.4, -0.2) is 27.5 Å². The number of aryl methyl sites for hydroxylation is 2. The number of rotatable bonds is 7. The first-order chi connectivity index (χ1) is 7.63. The highest BCUT2D eigenvalue weighted by Crippen LogP contribution is 2.03. The molecule has 1 aromatic rings. The Bertz CT molecular complexity index is 307. The Morgan fingerprint density at radius 3 is 2.88 bits per heavy atom. The van der Waals surface area contributed by atoms with Gasteiger partial charge in [-0.2, -0.15) is 5.10 Å². The number of nitrogens with zero attached hydrogens (tertiary/aromatic N) is 2. The number of nitrogens with one attached hydrogen (secondary N) is 1. The highest BCUT2D eigenvalue weighted by molar-refractivity contribution is 5.09. The molecule has 0 fully saturated rings. The van der Waals surface area contributed by atoms with Gasteiger partial charge in [0.2, 0.25) is 0 Å². The monoisotopic (exact) mass is 225 g/mol. The van der Waals surface area contributed by atoms with Crippen molar-refractivity contribution in [2.45, 2.75) is 45.8 Å². The summed E-state index contributed by atoms with van der Waals surface area (Å²) in [5.41, 5.74) is 2.36. The molecule has 1 atom stereocenters. The molecule has 1 unspecified atom stereocenters. The van der Waals surface area contributed by atoms with Gasteiger partial charge in [-0.05, 0) is 38.8 Å². The van der Waals surface area contributed by atoms with Crippen molar-refractivity contribution in [2.75, 3.05) is 6.54 Å². The van der Waals surface area contributed by atoms with E-state index in [1.807, 2.05) is 18.7 Å². The molecule has 1 aromatic heterocycles. The Labute approximate surface area is 97.7 Å². The largest absolute Gasteiger partial charge is 0.393 e. The van der Waals surface area contributed by atoms with Gasteiger partial charge in [0.15, 0.2) is 0 Å². The summed E-state index contributed by atoms with van der Waals surface area (Å²) in [5.74, 6) is 0. The molecule has 4 nitrogen and oxygen atoms in total. The van der Waals surface area contributed by atoms with E-state index in [1.165, 1.54) is 5.69 Å². The van der Waals surface area contributed by atoms with E-state index in [-0.39, 0.29) is 6.10 Å². The van der Waals surface area contributed by atoms with Gasteiger partial charge in [-0.3, -0.25) is 4.68 Å². The highest BCUT2D eigenvalue weighted by Gasteiger charge is 2.02. The summed E-state index contributed by atoms with van der Waals surface area (Å²) in [6.07, 6.45) is 2.66. The van der Waals surface area contributed by atoms with E-state index in [2.05, 4.69) is 23.4 Å². The average molecular weight is 225 g/mol. The van der Waals surface area contributed by atoms with Crippen LogP contribution in [-0.2, 0) is 20.0 Å². The van der Waals surface area contributed by atoms with Crippen LogP contribution in [0.4, 0.5) is 0 Å². The molecule has 1 rings (SSSR count). The van der Waals surface area contributed by atoms with E-state index >= 15 is 0 Å². The fraction of sp³-hybridized carbons (Fsp3) is 0.750. The predicted octanol–water partition coefficient (Wildman–Crippen LogP) is 1.23. The van der Waals surface area contributed by atoms with Crippen molar-refractivity contribution >= 4 is 0 Å². The zero-order chi connectivity index (χ0) is 12.0. The zero-order valence-corrected chi connectivity index (χ0v) is 10.5. The molecule has 0 saturated carbocycles. The number of aliphatic hydroxyl groups excluding tert-OH is 1. The SMILES string of the molecule is CCc1cc(CNCCCC(C)O)n(C)n1. The number of aromatic nitrogens is 2. The van der Waals surface area contributed by atoms with Gasteiger partial charge in [-0.25, -0.2) is 0 Å². The van der Waals surface area contributed by atoms with Crippen LogP contribution in [0, 0.1) is 0 Å². The lowest BCUT2D eigenvalue weighted by molar-refractivity contribution is 0.181. The minimum absolute atomic E-state index is 0.190. The molecule has 0 spiro atoms. The van der Waals surface area contributed by atoms with Crippen molar-refractivity contribution in [3.63, 3.8) is 0 Å². The number of aliphatic hydroxyl groups is 1. The molecule has 0 saturated heterocycles. The van der Waals surface area contributed by atoms with Gasteiger partial charge in [-0.1, -0.05) is 6.92 Å². The van der Waals surface area contributed by atoms with E-state index in [9.17, 15) is 0 Å². The molecule has 0 amide bonds. The molecule has 1 heterocycles. The van der Waals surface area contributed by atoms with Gasteiger partial charge < -0.3 is 10.4 Å². The minimum atomic E-state index is -0.190. The average Bonchev–Trinajstić information content (AvgIpc) is 2.59. The Morgan fingerprint density at radius 1 is 1.56 bits per heavy atom. The second kappa shape index (κ2) is 6.66. The highest BCUT2D eigenvalue weighted by atomic mass is 16.3. The second-order valence-corrected chi connectivity index (χ2v) is 4.27. The van der Waals surface area contributed by atoms with E-state index in [4.69, 9.17) is 5.11 Å². The first-order valence-electron chi connectivity index (χ1n) is 6.04. The predicted molar refractivity (Wildman–Crippen MR) is 65.2 cm³/mol. The van der Waals surface area contributed by atoms with Crippen LogP contribution in [0.5, 0.6) is 0 Å². The van der Waals surface area contributed by atoms with E-state index < -0.39 is 0 Å². The van der Waals surface area contributed by atoms with E-state index in [0.717, 1.165) is 38.0 Å². The molecule has 0 radical (unpaired) electrons. The molecule has 16 heavy (non-hydrogen) atoms. The Hall–Kier alpha value is -0.870. The normalized spacial score (nSPS) is 13.0. The van der Waals surface area contributed by atoms with Crippen LogP contribution in [0.1, 0.15) is 38.1 Å². The van der Waals surface area contributed by atoms with Crippen LogP contribution in [0.2, 0.25) is 0 Å². The van der Waals surface area contributed by atoms with Gasteiger partial charge in [0, 0.05) is 13.6 Å². The molecular formula is C12H23N3O. The second-order valence-electron chi connectivity index (χ2n) is 4.27. The van der Waals surface area contributed by atoms with Crippen LogP contribution in [0.25, 0.3) is 0 Å². The Kier molecular flexibility index (Phi) is 5.49. The van der Waals surface area contributed by atoms with Gasteiger partial charge >= 0.3 is 0 Å². The maximum absolute atomic E-state index is 9.11. The van der Waals surface area contributed by atoms with Crippen LogP contribution < -0.4 is 5.32 Å². The van der Waals surface area contributed by atoms with Crippen molar-refractivity contribution in [2.24, 2.45) is 7.05 Å². The van der Waals surface area contributed by atoms with Crippen molar-refractivity contribution < 1.29 is 5.11 Å². The van der Waals surface area contributed by atoms with Crippen molar-refractivity contribution in [3.05, 3.63) is 17.5 Å². The van der Waals surface area contributed by atoms with Crippen molar-refractivity contribution in [3.8, 4) is 0 Å². The molecule has 2 N–H and O–H groups in total. The Balaban J connectivity index is 2.23. The van der Waals surface area contributed by atoms with Crippen LogP contribution >= 0.6 is 0 Å². The lowest BCUT2D eigenvalue weighted by Crippen LogP contribution is -2.18. The third kappa shape index (κ3) is 4.33. The van der Waals surface area contributed by atoms with E-state index in [0.29, 0.717) is 0 Å². The van der Waals surface area contributed by atoms with Crippen molar-refractivity contribution in [1.29, 1.82) is 0 Å². The minimum Gasteiger partial charge on any atom is -0.393 e. The fourth-order valence-electron chi connectivity index (χ4n) is 1.65. The smallest absolute Gasteiger partial charge is 0.0625 e. The zero-order valence-electron chi connectivity index (χ0n) is 10.5. The summed E-state index contributed by atoms with van der Waals surface area (Å²) in [5, 5.41) is 16.9. The molecule has 4 heteroatoms. The van der Waals surface area contributed by atoms with E-state index in [1.54, 1.807) is 0 Å². The maximum atomic E-state index is 9.11. The quantitative estimate of drug-likeness (QED) is 0.686. The topological polar surface area (TPSA) is 50.1 Å². The molecule has 0 aliphatic carbocycles. The summed E-state index contributed by atoms with van der Waals surface area (Å²) in [4.78, 5) is 0. The van der Waals surface area contributed by atoms with Gasteiger partial charge in [0.25, 0.3) is 0 Å². The molecule has 0 bridgehead atoms. The molecule has 0 aliphatic heterocycles. The summed E-state index contributed by atoms with van der Waals surface area (Å²) < 4.78 is 1.93. The molecule has 0 aliphatic rings. The lowest BCUT2D eigenvalue weighted by atomic mass is 10.2. The fourth-order valence-corrected chi connectivity index (χ4v) is 1.65. The molecular weight excluding hydrogens is 202 g/mol. The molecule has 0 aromatic carbocycles. The third-order valence-corrected chi connectivity index (χ3v) is 2.67. The summed E-state index contributed by atoms with van der Waals surface area (Å²) >= 11 is 0. The summed E-state index contributed by atoms with van der Waals surface area (Å²) in [6.45, 7) is 5.73. The number of hydrogen-bond donors (Lipinski definition) is 2. The number of hydrogen-bond acceptors (Lipinski definition) is 3. The summed E-state index contributed by atoms with van der Waals surface area (Å²) in [6, 6.07) is 2.14. The first kappa shape index (κ1) is 13.2. The summed E-state index contributed by atoms with van der Waals surface area (Å²) in [7, 11) is 1.98. The van der Waals surface area contributed by atoms with Gasteiger partial charge in [-0.15, -0.1) is 0 Å². The Morgan fingerprint density at radius 2 is 2.31 bits per heavy atom. The first-order valence-corrected chi connectivity index (χ1v) is 6.04. The third-order valence-electron chi connectivity index (χ3n) is 2.67. The van der Waals surface area contributed by atoms with Crippen LogP contribution in [0.3, 0.4) is 0 Å². The van der Waals surface area contributed by atoms with Crippen LogP contribution in [0.15, 0.2) is 6.07 Å². The van der Waals surface area contributed by atoms with Gasteiger partial charge in [0.1, 0.15) is 0 Å². The van der Waals surface area contributed by atoms with Gasteiger partial charge in [0.05, 0.1) is 17.5 Å². The lowest BCUT2D eigenvalue weighted by Gasteiger charge is -2.06. The van der Waals surface area contributed by atoms with Crippen molar-refractivity contribution in [1.82, 2.24) is 15.1 Å². The molecule has 92 valence electrons.